The van der Waals surface area contributed by atoms with Crippen LogP contribution in [0, 0.1) is 5.92 Å². The van der Waals surface area contributed by atoms with Crippen LogP contribution in [0.25, 0.3) is 0 Å². The molecule has 1 heterocycles. The fraction of sp³-hybridized carbons (Fsp3) is 0.462. The Morgan fingerprint density at radius 2 is 2.12 bits per heavy atom. The molecule has 1 aromatic carbocycles. The summed E-state index contributed by atoms with van der Waals surface area (Å²) in [5.41, 5.74) is 1.14. The van der Waals surface area contributed by atoms with Crippen LogP contribution >= 0.6 is 11.6 Å². The van der Waals surface area contributed by atoms with Gasteiger partial charge in [-0.15, -0.1) is 0 Å². The van der Waals surface area contributed by atoms with Gasteiger partial charge in [-0.25, -0.2) is 0 Å². The first-order valence-electron chi connectivity index (χ1n) is 5.76. The third-order valence-electron chi connectivity index (χ3n) is 3.28. The molecule has 1 aliphatic heterocycles. The van der Waals surface area contributed by atoms with Crippen molar-refractivity contribution in [1.29, 1.82) is 0 Å². The summed E-state index contributed by atoms with van der Waals surface area (Å²) in [4.78, 5) is 11.7. The van der Waals surface area contributed by atoms with Gasteiger partial charge in [-0.1, -0.05) is 23.7 Å². The van der Waals surface area contributed by atoms with E-state index < -0.39 is 0 Å². The average molecular weight is 254 g/mol. The third kappa shape index (κ3) is 2.79. The van der Waals surface area contributed by atoms with Crippen LogP contribution in [-0.2, 0) is 9.53 Å². The molecule has 17 heavy (non-hydrogen) atoms. The number of hydrogen-bond donors (Lipinski definition) is 1. The minimum atomic E-state index is -0.119. The first-order valence-corrected chi connectivity index (χ1v) is 6.14. The topological polar surface area (TPSA) is 38.3 Å². The maximum absolute atomic E-state index is 11.7. The van der Waals surface area contributed by atoms with Crippen molar-refractivity contribution in [2.24, 2.45) is 5.92 Å². The van der Waals surface area contributed by atoms with E-state index >= 15 is 0 Å². The summed E-state index contributed by atoms with van der Waals surface area (Å²) in [6, 6.07) is 7.69. The molecule has 0 saturated carbocycles. The van der Waals surface area contributed by atoms with E-state index in [0.29, 0.717) is 5.02 Å². The number of piperidine rings is 1. The fourth-order valence-electron chi connectivity index (χ4n) is 2.35. The van der Waals surface area contributed by atoms with Gasteiger partial charge in [0.05, 0.1) is 13.0 Å². The molecule has 2 unspecified atom stereocenters. The van der Waals surface area contributed by atoms with Crippen molar-refractivity contribution in [2.75, 3.05) is 20.2 Å². The lowest BCUT2D eigenvalue weighted by Crippen LogP contribution is -2.39. The molecule has 0 radical (unpaired) electrons. The summed E-state index contributed by atoms with van der Waals surface area (Å²) in [5.74, 6) is 0.00217. The Hall–Kier alpha value is -1.06. The van der Waals surface area contributed by atoms with Crippen LogP contribution in [-0.4, -0.2) is 26.2 Å². The van der Waals surface area contributed by atoms with E-state index in [9.17, 15) is 4.79 Å². The molecule has 0 aromatic heterocycles. The lowest BCUT2D eigenvalue weighted by molar-refractivity contribution is -0.147. The monoisotopic (exact) mass is 253 g/mol. The van der Waals surface area contributed by atoms with E-state index in [-0.39, 0.29) is 17.8 Å². The Labute approximate surface area is 106 Å². The predicted octanol–water partition coefficient (Wildman–Crippen LogP) is 2.21. The van der Waals surface area contributed by atoms with E-state index in [4.69, 9.17) is 16.3 Å². The summed E-state index contributed by atoms with van der Waals surface area (Å²) in [6.45, 7) is 1.67. The largest absolute Gasteiger partial charge is 0.469 e. The van der Waals surface area contributed by atoms with Gasteiger partial charge in [-0.2, -0.15) is 0 Å². The predicted molar refractivity (Wildman–Crippen MR) is 67.2 cm³/mol. The van der Waals surface area contributed by atoms with Crippen LogP contribution in [0.15, 0.2) is 24.3 Å². The quantitative estimate of drug-likeness (QED) is 0.822. The van der Waals surface area contributed by atoms with E-state index in [1.54, 1.807) is 0 Å². The van der Waals surface area contributed by atoms with E-state index in [0.717, 1.165) is 25.1 Å². The molecule has 0 bridgehead atoms. The number of esters is 1. The van der Waals surface area contributed by atoms with E-state index in [1.807, 2.05) is 24.3 Å². The first kappa shape index (κ1) is 12.4. The van der Waals surface area contributed by atoms with Crippen molar-refractivity contribution in [2.45, 2.75) is 12.3 Å². The number of nitrogens with one attached hydrogen (secondary N) is 1. The van der Waals surface area contributed by atoms with Crippen LogP contribution in [0.5, 0.6) is 0 Å². The van der Waals surface area contributed by atoms with Crippen LogP contribution in [0.1, 0.15) is 17.9 Å². The highest BCUT2D eigenvalue weighted by Crippen LogP contribution is 2.30. The van der Waals surface area contributed by atoms with Crippen molar-refractivity contribution in [3.8, 4) is 0 Å². The lowest BCUT2D eigenvalue weighted by Gasteiger charge is -2.30. The normalized spacial score (nSPS) is 24.4. The maximum atomic E-state index is 11.7. The number of carbonyl (C=O) groups excluding carboxylic acids is 1. The van der Waals surface area contributed by atoms with Crippen molar-refractivity contribution in [3.05, 3.63) is 34.9 Å². The third-order valence-corrected chi connectivity index (χ3v) is 3.54. The Morgan fingerprint density at radius 3 is 2.76 bits per heavy atom. The summed E-state index contributed by atoms with van der Waals surface area (Å²) < 4.78 is 4.87. The van der Waals surface area contributed by atoms with Gasteiger partial charge >= 0.3 is 5.97 Å². The molecule has 3 nitrogen and oxygen atoms in total. The van der Waals surface area contributed by atoms with Crippen molar-refractivity contribution >= 4 is 17.6 Å². The fourth-order valence-corrected chi connectivity index (χ4v) is 2.48. The molecule has 0 amide bonds. The highest BCUT2D eigenvalue weighted by atomic mass is 35.5. The van der Waals surface area contributed by atoms with Crippen LogP contribution in [0.3, 0.4) is 0 Å². The highest BCUT2D eigenvalue weighted by Gasteiger charge is 2.32. The number of benzene rings is 1. The summed E-state index contributed by atoms with van der Waals surface area (Å²) in [5, 5.41) is 4.03. The molecule has 2 rings (SSSR count). The van der Waals surface area contributed by atoms with Crippen molar-refractivity contribution in [3.63, 3.8) is 0 Å². The molecule has 2 atom stereocenters. The minimum Gasteiger partial charge on any atom is -0.469 e. The zero-order valence-corrected chi connectivity index (χ0v) is 10.5. The molecule has 1 saturated heterocycles. The Kier molecular flexibility index (Phi) is 4.02. The molecule has 1 fully saturated rings. The van der Waals surface area contributed by atoms with Gasteiger partial charge in [0.1, 0.15) is 0 Å². The second kappa shape index (κ2) is 5.52. The minimum absolute atomic E-state index is 0.0533. The summed E-state index contributed by atoms with van der Waals surface area (Å²) >= 11 is 5.87. The number of rotatable bonds is 2. The van der Waals surface area contributed by atoms with Gasteiger partial charge in [-0.05, 0) is 30.7 Å². The van der Waals surface area contributed by atoms with Gasteiger partial charge in [-0.3, -0.25) is 4.79 Å². The molecule has 4 heteroatoms. The number of hydrogen-bond acceptors (Lipinski definition) is 3. The molecule has 0 aliphatic carbocycles. The van der Waals surface area contributed by atoms with E-state index in [2.05, 4.69) is 5.32 Å². The average Bonchev–Trinajstić information content (AvgIpc) is 2.39. The van der Waals surface area contributed by atoms with Gasteiger partial charge < -0.3 is 10.1 Å². The zero-order valence-electron chi connectivity index (χ0n) is 9.78. The molecular weight excluding hydrogens is 238 g/mol. The van der Waals surface area contributed by atoms with Crippen molar-refractivity contribution in [1.82, 2.24) is 5.32 Å². The number of halogens is 1. The van der Waals surface area contributed by atoms with Gasteiger partial charge in [0, 0.05) is 17.5 Å². The molecule has 92 valence electrons. The summed E-state index contributed by atoms with van der Waals surface area (Å²) in [7, 11) is 1.45. The van der Waals surface area contributed by atoms with Crippen LogP contribution < -0.4 is 5.32 Å². The highest BCUT2D eigenvalue weighted by molar-refractivity contribution is 6.30. The second-order valence-corrected chi connectivity index (χ2v) is 4.72. The molecule has 1 aromatic rings. The van der Waals surface area contributed by atoms with Gasteiger partial charge in [0.2, 0.25) is 0 Å². The second-order valence-electron chi connectivity index (χ2n) is 4.28. The van der Waals surface area contributed by atoms with Crippen LogP contribution in [0.2, 0.25) is 5.02 Å². The lowest BCUT2D eigenvalue weighted by atomic mass is 9.81. The Bertz CT molecular complexity index is 391. The maximum Gasteiger partial charge on any atom is 0.309 e. The standard InChI is InChI=1S/C13H16ClNO2/c1-17-13(16)11-6-7-15-8-12(11)9-2-4-10(14)5-3-9/h2-5,11-12,15H,6-8H2,1H3. The zero-order chi connectivity index (χ0) is 12.3. The number of ether oxygens (including phenoxy) is 1. The van der Waals surface area contributed by atoms with Crippen LogP contribution in [0.4, 0.5) is 0 Å². The van der Waals surface area contributed by atoms with E-state index in [1.165, 1.54) is 7.11 Å². The molecule has 1 N–H and O–H groups in total. The Morgan fingerprint density at radius 1 is 1.41 bits per heavy atom. The summed E-state index contributed by atoms with van der Waals surface area (Å²) in [6.07, 6.45) is 0.819. The number of carbonyl (C=O) groups is 1. The van der Waals surface area contributed by atoms with Gasteiger partial charge in [0.15, 0.2) is 0 Å². The molecule has 1 aliphatic rings. The Balaban J connectivity index is 2.21. The van der Waals surface area contributed by atoms with Crippen molar-refractivity contribution < 1.29 is 9.53 Å². The SMILES string of the molecule is COC(=O)C1CCNCC1c1ccc(Cl)cc1. The molecule has 0 spiro atoms. The first-order chi connectivity index (χ1) is 8.22. The molecular formula is C13H16ClNO2. The van der Waals surface area contributed by atoms with Gasteiger partial charge in [0.25, 0.3) is 0 Å². The number of methoxy groups -OCH3 is 1. The smallest absolute Gasteiger partial charge is 0.309 e.